The predicted octanol–water partition coefficient (Wildman–Crippen LogP) is 4.70. The van der Waals surface area contributed by atoms with Crippen molar-refractivity contribution in [2.24, 2.45) is 0 Å². The lowest BCUT2D eigenvalue weighted by molar-refractivity contribution is -0.132. The number of nitrogens with zero attached hydrogens (tertiary/aromatic N) is 1. The van der Waals surface area contributed by atoms with E-state index in [4.69, 9.17) is 16.0 Å². The Bertz CT molecular complexity index is 767. The fraction of sp³-hybridized carbons (Fsp3) is 0.150. The molecule has 0 radical (unpaired) electrons. The summed E-state index contributed by atoms with van der Waals surface area (Å²) in [4.78, 5) is 14.6. The molecule has 3 rings (SSSR count). The van der Waals surface area contributed by atoms with Crippen LogP contribution in [-0.4, -0.2) is 10.8 Å². The molecular formula is C20H18ClNO2. The molecule has 0 bridgehead atoms. The Hall–Kier alpha value is -2.52. The Balaban J connectivity index is 1.74. The Kier molecular flexibility index (Phi) is 5.34. The summed E-state index contributed by atoms with van der Waals surface area (Å²) in [6.45, 7) is 1.00. The molecule has 2 aromatic carbocycles. The second kappa shape index (κ2) is 7.84. The van der Waals surface area contributed by atoms with Gasteiger partial charge < -0.3 is 9.32 Å². The normalized spacial score (nSPS) is 10.5. The van der Waals surface area contributed by atoms with Crippen LogP contribution in [0.3, 0.4) is 0 Å². The SMILES string of the molecule is O=C(Cc1ccc(Cl)cc1)N(Cc1ccccc1)Cc1ccco1. The van der Waals surface area contributed by atoms with E-state index in [0.29, 0.717) is 24.5 Å². The molecule has 1 heterocycles. The first-order valence-electron chi connectivity index (χ1n) is 7.79. The van der Waals surface area contributed by atoms with E-state index < -0.39 is 0 Å². The molecular weight excluding hydrogens is 322 g/mol. The highest BCUT2D eigenvalue weighted by Crippen LogP contribution is 2.15. The maximum absolute atomic E-state index is 12.8. The molecule has 0 aliphatic carbocycles. The van der Waals surface area contributed by atoms with E-state index in [1.54, 1.807) is 18.4 Å². The van der Waals surface area contributed by atoms with Crippen molar-refractivity contribution in [1.82, 2.24) is 4.90 Å². The molecule has 0 aliphatic rings. The molecule has 0 fully saturated rings. The molecule has 3 nitrogen and oxygen atoms in total. The van der Waals surface area contributed by atoms with Crippen molar-refractivity contribution in [3.8, 4) is 0 Å². The van der Waals surface area contributed by atoms with Crippen LogP contribution in [0.1, 0.15) is 16.9 Å². The van der Waals surface area contributed by atoms with Gasteiger partial charge in [0.25, 0.3) is 0 Å². The summed E-state index contributed by atoms with van der Waals surface area (Å²) >= 11 is 5.91. The number of carbonyl (C=O) groups is 1. The molecule has 3 aromatic rings. The Morgan fingerprint density at radius 2 is 1.62 bits per heavy atom. The largest absolute Gasteiger partial charge is 0.467 e. The van der Waals surface area contributed by atoms with Gasteiger partial charge in [-0.25, -0.2) is 0 Å². The molecule has 0 spiro atoms. The highest BCUT2D eigenvalue weighted by atomic mass is 35.5. The van der Waals surface area contributed by atoms with Crippen molar-refractivity contribution >= 4 is 17.5 Å². The van der Waals surface area contributed by atoms with E-state index in [1.807, 2.05) is 59.5 Å². The minimum Gasteiger partial charge on any atom is -0.467 e. The van der Waals surface area contributed by atoms with Crippen molar-refractivity contribution < 1.29 is 9.21 Å². The summed E-state index contributed by atoms with van der Waals surface area (Å²) in [5.41, 5.74) is 2.04. The van der Waals surface area contributed by atoms with E-state index in [9.17, 15) is 4.79 Å². The predicted molar refractivity (Wildman–Crippen MR) is 94.6 cm³/mol. The van der Waals surface area contributed by atoms with Crippen molar-refractivity contribution in [2.45, 2.75) is 19.5 Å². The standard InChI is InChI=1S/C20H18ClNO2/c21-18-10-8-16(9-11-18)13-20(23)22(15-19-7-4-12-24-19)14-17-5-2-1-3-6-17/h1-12H,13-15H2. The molecule has 0 saturated heterocycles. The highest BCUT2D eigenvalue weighted by Gasteiger charge is 2.16. The van der Waals surface area contributed by atoms with E-state index in [1.165, 1.54) is 0 Å². The van der Waals surface area contributed by atoms with Crippen molar-refractivity contribution in [1.29, 1.82) is 0 Å². The van der Waals surface area contributed by atoms with Gasteiger partial charge in [0.2, 0.25) is 5.91 Å². The molecule has 0 saturated carbocycles. The Morgan fingerprint density at radius 3 is 2.29 bits per heavy atom. The van der Waals surface area contributed by atoms with E-state index >= 15 is 0 Å². The molecule has 0 aliphatic heterocycles. The van der Waals surface area contributed by atoms with Crippen LogP contribution in [0.4, 0.5) is 0 Å². The zero-order chi connectivity index (χ0) is 16.8. The molecule has 0 unspecified atom stereocenters. The van der Waals surface area contributed by atoms with Crippen LogP contribution >= 0.6 is 11.6 Å². The first-order chi connectivity index (χ1) is 11.7. The van der Waals surface area contributed by atoms with Gasteiger partial charge in [-0.15, -0.1) is 0 Å². The smallest absolute Gasteiger partial charge is 0.227 e. The van der Waals surface area contributed by atoms with Crippen molar-refractivity contribution in [3.05, 3.63) is 94.9 Å². The zero-order valence-electron chi connectivity index (χ0n) is 13.2. The van der Waals surface area contributed by atoms with Crippen molar-refractivity contribution in [3.63, 3.8) is 0 Å². The second-order valence-corrected chi connectivity index (χ2v) is 6.05. The van der Waals surface area contributed by atoms with E-state index in [2.05, 4.69) is 0 Å². The molecule has 4 heteroatoms. The number of carbonyl (C=O) groups excluding carboxylic acids is 1. The fourth-order valence-corrected chi connectivity index (χ4v) is 2.64. The highest BCUT2D eigenvalue weighted by molar-refractivity contribution is 6.30. The van der Waals surface area contributed by atoms with Gasteiger partial charge >= 0.3 is 0 Å². The Morgan fingerprint density at radius 1 is 0.875 bits per heavy atom. The van der Waals surface area contributed by atoms with E-state index in [0.717, 1.165) is 16.9 Å². The number of furan rings is 1. The van der Waals surface area contributed by atoms with Crippen LogP contribution in [0.2, 0.25) is 5.02 Å². The Labute approximate surface area is 146 Å². The monoisotopic (exact) mass is 339 g/mol. The summed E-state index contributed by atoms with van der Waals surface area (Å²) < 4.78 is 5.41. The topological polar surface area (TPSA) is 33.5 Å². The maximum Gasteiger partial charge on any atom is 0.227 e. The van der Waals surface area contributed by atoms with Gasteiger partial charge in [-0.05, 0) is 35.4 Å². The second-order valence-electron chi connectivity index (χ2n) is 5.62. The quantitative estimate of drug-likeness (QED) is 0.652. The number of rotatable bonds is 6. The minimum atomic E-state index is 0.0533. The lowest BCUT2D eigenvalue weighted by Gasteiger charge is -2.22. The van der Waals surface area contributed by atoms with Gasteiger partial charge in [-0.3, -0.25) is 4.79 Å². The van der Waals surface area contributed by atoms with Crippen LogP contribution in [0.25, 0.3) is 0 Å². The number of halogens is 1. The molecule has 122 valence electrons. The van der Waals surface area contributed by atoms with Gasteiger partial charge in [0.05, 0.1) is 19.2 Å². The third-order valence-corrected chi connectivity index (χ3v) is 4.02. The first-order valence-corrected chi connectivity index (χ1v) is 8.17. The third-order valence-electron chi connectivity index (χ3n) is 3.76. The summed E-state index contributed by atoms with van der Waals surface area (Å²) in [6, 6.07) is 21.0. The maximum atomic E-state index is 12.8. The number of hydrogen-bond acceptors (Lipinski definition) is 2. The van der Waals surface area contributed by atoms with Crippen LogP contribution in [0.5, 0.6) is 0 Å². The lowest BCUT2D eigenvalue weighted by Crippen LogP contribution is -2.31. The molecule has 1 amide bonds. The third kappa shape index (κ3) is 4.49. The van der Waals surface area contributed by atoms with Crippen LogP contribution in [0, 0.1) is 0 Å². The van der Waals surface area contributed by atoms with Gasteiger partial charge in [0.1, 0.15) is 5.76 Å². The average molecular weight is 340 g/mol. The van der Waals surface area contributed by atoms with Crippen LogP contribution in [-0.2, 0) is 24.3 Å². The average Bonchev–Trinajstić information content (AvgIpc) is 3.10. The summed E-state index contributed by atoms with van der Waals surface area (Å²) in [7, 11) is 0. The van der Waals surface area contributed by atoms with E-state index in [-0.39, 0.29) is 5.91 Å². The molecule has 0 atom stereocenters. The van der Waals surface area contributed by atoms with Crippen molar-refractivity contribution in [2.75, 3.05) is 0 Å². The van der Waals surface area contributed by atoms with Gasteiger partial charge in [0, 0.05) is 11.6 Å². The summed E-state index contributed by atoms with van der Waals surface area (Å²) in [5.74, 6) is 0.827. The zero-order valence-corrected chi connectivity index (χ0v) is 13.9. The fourth-order valence-electron chi connectivity index (χ4n) is 2.52. The molecule has 24 heavy (non-hydrogen) atoms. The van der Waals surface area contributed by atoms with Crippen LogP contribution in [0.15, 0.2) is 77.4 Å². The lowest BCUT2D eigenvalue weighted by atomic mass is 10.1. The van der Waals surface area contributed by atoms with Gasteiger partial charge in [-0.2, -0.15) is 0 Å². The molecule has 0 N–H and O–H groups in total. The van der Waals surface area contributed by atoms with Gasteiger partial charge in [-0.1, -0.05) is 54.1 Å². The number of hydrogen-bond donors (Lipinski definition) is 0. The minimum absolute atomic E-state index is 0.0533. The molecule has 1 aromatic heterocycles. The van der Waals surface area contributed by atoms with Gasteiger partial charge in [0.15, 0.2) is 0 Å². The summed E-state index contributed by atoms with van der Waals surface area (Å²) in [6.07, 6.45) is 1.96. The van der Waals surface area contributed by atoms with Crippen LogP contribution < -0.4 is 0 Å². The number of amides is 1. The number of benzene rings is 2. The first kappa shape index (κ1) is 16.3. The summed E-state index contributed by atoms with van der Waals surface area (Å²) in [5, 5.41) is 0.669.